The van der Waals surface area contributed by atoms with E-state index in [0.717, 1.165) is 30.4 Å². The lowest BCUT2D eigenvalue weighted by Gasteiger charge is -2.09. The maximum Gasteiger partial charge on any atom is 0.412 e. The van der Waals surface area contributed by atoms with Crippen LogP contribution in [0.4, 0.5) is 9.59 Å². The van der Waals surface area contributed by atoms with Gasteiger partial charge >= 0.3 is 24.1 Å². The number of hydrogen-bond acceptors (Lipinski definition) is 8. The Kier molecular flexibility index (Phi) is 11.6. The van der Waals surface area contributed by atoms with Crippen molar-refractivity contribution in [3.8, 4) is 11.5 Å². The van der Waals surface area contributed by atoms with Crippen molar-refractivity contribution in [2.75, 3.05) is 13.1 Å². The van der Waals surface area contributed by atoms with Crippen molar-refractivity contribution in [3.05, 3.63) is 59.7 Å². The molecule has 0 heterocycles. The minimum absolute atomic E-state index is 0.167. The van der Waals surface area contributed by atoms with Crippen LogP contribution in [-0.2, 0) is 32.3 Å². The van der Waals surface area contributed by atoms with Crippen LogP contribution in [-0.4, -0.2) is 37.2 Å². The summed E-state index contributed by atoms with van der Waals surface area (Å²) in [6.45, 7) is 3.89. The lowest BCUT2D eigenvalue weighted by atomic mass is 10.2. The Morgan fingerprint density at radius 2 is 0.971 bits per heavy atom. The number of unbranched alkanes of at least 4 members (excludes halogenated alkanes) is 2. The predicted octanol–water partition coefficient (Wildman–Crippen LogP) is 3.86. The SMILES string of the molecule is CC(=O)OCc1ccc(OC(=O)NCCCCCNC(=O)Oc2ccc(COC(C)=O)cc2)cc1. The summed E-state index contributed by atoms with van der Waals surface area (Å²) in [7, 11) is 0. The molecule has 35 heavy (non-hydrogen) atoms. The second-order valence-electron chi connectivity index (χ2n) is 7.54. The number of rotatable bonds is 12. The summed E-state index contributed by atoms with van der Waals surface area (Å²) in [6.07, 6.45) is 1.11. The molecular formula is C25H30N2O8. The largest absolute Gasteiger partial charge is 0.461 e. The highest BCUT2D eigenvalue weighted by molar-refractivity contribution is 5.70. The Bertz CT molecular complexity index is 894. The maximum atomic E-state index is 11.9. The first-order chi connectivity index (χ1) is 16.8. The molecule has 0 aromatic heterocycles. The second kappa shape index (κ2) is 14.9. The zero-order valence-corrected chi connectivity index (χ0v) is 19.8. The van der Waals surface area contributed by atoms with E-state index in [-0.39, 0.29) is 25.2 Å². The van der Waals surface area contributed by atoms with Crippen molar-refractivity contribution in [3.63, 3.8) is 0 Å². The highest BCUT2D eigenvalue weighted by atomic mass is 16.6. The molecule has 0 saturated carbocycles. The highest BCUT2D eigenvalue weighted by Crippen LogP contribution is 2.14. The van der Waals surface area contributed by atoms with Gasteiger partial charge in [0, 0.05) is 26.9 Å². The Morgan fingerprint density at radius 1 is 0.600 bits per heavy atom. The molecule has 0 aliphatic rings. The first kappa shape index (κ1) is 27.2. The van der Waals surface area contributed by atoms with Gasteiger partial charge in [-0.05, 0) is 54.7 Å². The highest BCUT2D eigenvalue weighted by Gasteiger charge is 2.06. The van der Waals surface area contributed by atoms with Crippen molar-refractivity contribution in [1.29, 1.82) is 0 Å². The van der Waals surface area contributed by atoms with E-state index in [1.807, 2.05) is 0 Å². The Labute approximate surface area is 203 Å². The standard InChI is InChI=1S/C25H30N2O8/c1-18(28)32-16-20-6-10-22(11-7-20)34-24(30)26-14-4-3-5-15-27-25(31)35-23-12-8-21(9-13-23)17-33-19(2)29/h6-13H,3-5,14-17H2,1-2H3,(H,26,30)(H,27,31). The molecule has 0 aliphatic heterocycles. The minimum Gasteiger partial charge on any atom is -0.461 e. The molecule has 0 radical (unpaired) electrons. The van der Waals surface area contributed by atoms with E-state index in [1.54, 1.807) is 48.5 Å². The number of amides is 2. The van der Waals surface area contributed by atoms with Gasteiger partial charge in [0.25, 0.3) is 0 Å². The molecule has 0 saturated heterocycles. The van der Waals surface area contributed by atoms with Crippen molar-refractivity contribution >= 4 is 24.1 Å². The quantitative estimate of drug-likeness (QED) is 0.342. The van der Waals surface area contributed by atoms with E-state index in [1.165, 1.54) is 13.8 Å². The van der Waals surface area contributed by atoms with Gasteiger partial charge in [-0.15, -0.1) is 0 Å². The summed E-state index contributed by atoms with van der Waals surface area (Å²) in [5.74, 6) is 0.0500. The maximum absolute atomic E-state index is 11.9. The fourth-order valence-corrected chi connectivity index (χ4v) is 2.77. The van der Waals surface area contributed by atoms with Crippen LogP contribution < -0.4 is 20.1 Å². The Hall–Kier alpha value is -4.08. The fourth-order valence-electron chi connectivity index (χ4n) is 2.77. The molecule has 188 valence electrons. The molecule has 0 unspecified atom stereocenters. The van der Waals surface area contributed by atoms with E-state index in [9.17, 15) is 19.2 Å². The van der Waals surface area contributed by atoms with E-state index >= 15 is 0 Å². The van der Waals surface area contributed by atoms with E-state index in [0.29, 0.717) is 24.6 Å². The second-order valence-corrected chi connectivity index (χ2v) is 7.54. The molecule has 0 aliphatic carbocycles. The normalized spacial score (nSPS) is 10.1. The molecule has 10 heteroatoms. The summed E-state index contributed by atoms with van der Waals surface area (Å²) < 4.78 is 20.2. The van der Waals surface area contributed by atoms with Crippen LogP contribution in [0.1, 0.15) is 44.2 Å². The molecule has 10 nitrogen and oxygen atoms in total. The number of ether oxygens (including phenoxy) is 4. The molecule has 2 N–H and O–H groups in total. The zero-order valence-electron chi connectivity index (χ0n) is 19.8. The van der Waals surface area contributed by atoms with Crippen LogP contribution in [0.5, 0.6) is 11.5 Å². The molecule has 2 rings (SSSR count). The molecule has 2 aromatic carbocycles. The van der Waals surface area contributed by atoms with Crippen molar-refractivity contribution < 1.29 is 38.1 Å². The minimum atomic E-state index is -0.557. The first-order valence-electron chi connectivity index (χ1n) is 11.2. The molecular weight excluding hydrogens is 456 g/mol. The summed E-state index contributed by atoms with van der Waals surface area (Å²) in [5, 5.41) is 5.34. The molecule has 0 spiro atoms. The third-order valence-electron chi connectivity index (χ3n) is 4.54. The van der Waals surface area contributed by atoms with Gasteiger partial charge in [-0.3, -0.25) is 9.59 Å². The van der Waals surface area contributed by atoms with Crippen molar-refractivity contribution in [2.24, 2.45) is 0 Å². The fraction of sp³-hybridized carbons (Fsp3) is 0.360. The Morgan fingerprint density at radius 3 is 1.31 bits per heavy atom. The number of esters is 2. The predicted molar refractivity (Wildman–Crippen MR) is 126 cm³/mol. The summed E-state index contributed by atoms with van der Waals surface area (Å²) in [6, 6.07) is 13.4. The van der Waals surface area contributed by atoms with Gasteiger partial charge in [-0.1, -0.05) is 24.3 Å². The van der Waals surface area contributed by atoms with Gasteiger partial charge in [-0.2, -0.15) is 0 Å². The average molecular weight is 487 g/mol. The lowest BCUT2D eigenvalue weighted by Crippen LogP contribution is -2.29. The van der Waals surface area contributed by atoms with Crippen LogP contribution in [0.3, 0.4) is 0 Å². The van der Waals surface area contributed by atoms with E-state index in [4.69, 9.17) is 18.9 Å². The average Bonchev–Trinajstić information content (AvgIpc) is 2.82. The number of hydrogen-bond donors (Lipinski definition) is 2. The van der Waals surface area contributed by atoms with Gasteiger partial charge in [-0.25, -0.2) is 9.59 Å². The van der Waals surface area contributed by atoms with Gasteiger partial charge in [0.1, 0.15) is 24.7 Å². The van der Waals surface area contributed by atoms with Gasteiger partial charge in [0.15, 0.2) is 0 Å². The zero-order chi connectivity index (χ0) is 25.5. The monoisotopic (exact) mass is 486 g/mol. The van der Waals surface area contributed by atoms with Crippen LogP contribution in [0.25, 0.3) is 0 Å². The number of nitrogens with one attached hydrogen (secondary N) is 2. The first-order valence-corrected chi connectivity index (χ1v) is 11.2. The third kappa shape index (κ3) is 12.1. The topological polar surface area (TPSA) is 129 Å². The van der Waals surface area contributed by atoms with Crippen molar-refractivity contribution in [2.45, 2.75) is 46.3 Å². The molecule has 2 amide bonds. The summed E-state index contributed by atoms with van der Waals surface area (Å²) in [4.78, 5) is 45.3. The lowest BCUT2D eigenvalue weighted by molar-refractivity contribution is -0.143. The Balaban J connectivity index is 1.52. The molecule has 2 aromatic rings. The van der Waals surface area contributed by atoms with Crippen LogP contribution in [0.15, 0.2) is 48.5 Å². The van der Waals surface area contributed by atoms with Crippen LogP contribution in [0, 0.1) is 0 Å². The number of carbonyl (C=O) groups excluding carboxylic acids is 4. The third-order valence-corrected chi connectivity index (χ3v) is 4.54. The summed E-state index contributed by atoms with van der Waals surface area (Å²) >= 11 is 0. The van der Waals surface area contributed by atoms with Gasteiger partial charge < -0.3 is 29.6 Å². The van der Waals surface area contributed by atoms with E-state index in [2.05, 4.69) is 10.6 Å². The molecule has 0 atom stereocenters. The molecule has 0 fully saturated rings. The van der Waals surface area contributed by atoms with E-state index < -0.39 is 12.2 Å². The van der Waals surface area contributed by atoms with Gasteiger partial charge in [0.2, 0.25) is 0 Å². The molecule has 0 bridgehead atoms. The summed E-state index contributed by atoms with van der Waals surface area (Å²) in [5.41, 5.74) is 1.58. The van der Waals surface area contributed by atoms with Crippen molar-refractivity contribution in [1.82, 2.24) is 10.6 Å². The number of benzene rings is 2. The van der Waals surface area contributed by atoms with Crippen LogP contribution in [0.2, 0.25) is 0 Å². The van der Waals surface area contributed by atoms with Crippen LogP contribution >= 0.6 is 0 Å². The van der Waals surface area contributed by atoms with Gasteiger partial charge in [0.05, 0.1) is 0 Å². The number of carbonyl (C=O) groups is 4. The smallest absolute Gasteiger partial charge is 0.412 e.